The van der Waals surface area contributed by atoms with Crippen LogP contribution in [0.3, 0.4) is 0 Å². The van der Waals surface area contributed by atoms with E-state index in [1.165, 1.54) is 4.70 Å². The molecule has 3 rings (SSSR count). The Kier molecular flexibility index (Phi) is 4.32. The Morgan fingerprint density at radius 2 is 2.21 bits per heavy atom. The van der Waals surface area contributed by atoms with Crippen LogP contribution >= 0.6 is 27.3 Å². The van der Waals surface area contributed by atoms with Crippen molar-refractivity contribution in [3.63, 3.8) is 0 Å². The number of halogens is 1. The Balaban J connectivity index is 1.56. The highest BCUT2D eigenvalue weighted by atomic mass is 79.9. The number of thiazole rings is 1. The molecule has 1 fully saturated rings. The highest BCUT2D eigenvalue weighted by molar-refractivity contribution is 9.10. The molecule has 6 heteroatoms. The van der Waals surface area contributed by atoms with Gasteiger partial charge in [-0.2, -0.15) is 0 Å². The van der Waals surface area contributed by atoms with E-state index in [-0.39, 0.29) is 0 Å². The molecular weight excluding hydrogens is 324 g/mol. The molecule has 1 aliphatic heterocycles. The number of nitrogens with one attached hydrogen (secondary N) is 2. The number of piperazine rings is 1. The highest BCUT2D eigenvalue weighted by Crippen LogP contribution is 2.28. The fourth-order valence-corrected chi connectivity index (χ4v) is 3.67. The topological polar surface area (TPSA) is 40.2 Å². The molecule has 2 heterocycles. The van der Waals surface area contributed by atoms with Crippen LogP contribution in [0.25, 0.3) is 10.2 Å². The lowest BCUT2D eigenvalue weighted by molar-refractivity contribution is 0.249. The monoisotopic (exact) mass is 340 g/mol. The highest BCUT2D eigenvalue weighted by Gasteiger charge is 2.09. The molecule has 1 aromatic carbocycles. The number of aromatic nitrogens is 1. The first-order valence-corrected chi connectivity index (χ1v) is 8.15. The molecule has 0 saturated carbocycles. The van der Waals surface area contributed by atoms with Gasteiger partial charge in [0.25, 0.3) is 0 Å². The lowest BCUT2D eigenvalue weighted by atomic mass is 10.3. The summed E-state index contributed by atoms with van der Waals surface area (Å²) in [6.07, 6.45) is 0. The summed E-state index contributed by atoms with van der Waals surface area (Å²) < 4.78 is 2.33. The first-order valence-electron chi connectivity index (χ1n) is 6.54. The third-order valence-electron chi connectivity index (χ3n) is 3.26. The van der Waals surface area contributed by atoms with Crippen molar-refractivity contribution in [1.82, 2.24) is 15.2 Å². The lowest BCUT2D eigenvalue weighted by Crippen LogP contribution is -2.45. The molecule has 0 amide bonds. The van der Waals surface area contributed by atoms with Gasteiger partial charge in [0.05, 0.1) is 10.2 Å². The van der Waals surface area contributed by atoms with Gasteiger partial charge in [-0.15, -0.1) is 0 Å². The van der Waals surface area contributed by atoms with Gasteiger partial charge in [-0.1, -0.05) is 27.3 Å². The Morgan fingerprint density at radius 1 is 1.37 bits per heavy atom. The predicted octanol–water partition coefficient (Wildman–Crippen LogP) is 2.38. The summed E-state index contributed by atoms with van der Waals surface area (Å²) in [5.41, 5.74) is 1.07. The van der Waals surface area contributed by atoms with Crippen LogP contribution in [-0.2, 0) is 0 Å². The number of anilines is 1. The van der Waals surface area contributed by atoms with Crippen LogP contribution in [0.2, 0.25) is 0 Å². The summed E-state index contributed by atoms with van der Waals surface area (Å²) in [5.74, 6) is 0. The fourth-order valence-electron chi connectivity index (χ4n) is 2.23. The SMILES string of the molecule is Brc1ccc2nc(NCCN3CCNCC3)sc2c1. The van der Waals surface area contributed by atoms with Gasteiger partial charge in [0.15, 0.2) is 5.13 Å². The van der Waals surface area contributed by atoms with E-state index < -0.39 is 0 Å². The fraction of sp³-hybridized carbons (Fsp3) is 0.462. The number of benzene rings is 1. The number of hydrogen-bond acceptors (Lipinski definition) is 5. The van der Waals surface area contributed by atoms with Gasteiger partial charge >= 0.3 is 0 Å². The van der Waals surface area contributed by atoms with Crippen molar-refractivity contribution >= 4 is 42.6 Å². The van der Waals surface area contributed by atoms with Crippen molar-refractivity contribution in [1.29, 1.82) is 0 Å². The average molecular weight is 341 g/mol. The van der Waals surface area contributed by atoms with E-state index in [1.807, 2.05) is 6.07 Å². The summed E-state index contributed by atoms with van der Waals surface area (Å²) in [5, 5.41) is 7.82. The molecule has 102 valence electrons. The van der Waals surface area contributed by atoms with Gasteiger partial charge in [0, 0.05) is 43.7 Å². The second kappa shape index (κ2) is 6.17. The minimum atomic E-state index is 0.959. The van der Waals surface area contributed by atoms with E-state index >= 15 is 0 Å². The predicted molar refractivity (Wildman–Crippen MR) is 85.1 cm³/mol. The first-order chi connectivity index (χ1) is 9.31. The minimum absolute atomic E-state index is 0.959. The maximum atomic E-state index is 4.59. The van der Waals surface area contributed by atoms with Crippen LogP contribution in [0, 0.1) is 0 Å². The van der Waals surface area contributed by atoms with E-state index in [9.17, 15) is 0 Å². The molecule has 19 heavy (non-hydrogen) atoms. The van der Waals surface area contributed by atoms with Crippen LogP contribution in [0.15, 0.2) is 22.7 Å². The maximum absolute atomic E-state index is 4.59. The van der Waals surface area contributed by atoms with Crippen molar-refractivity contribution in [3.05, 3.63) is 22.7 Å². The van der Waals surface area contributed by atoms with Crippen molar-refractivity contribution in [2.75, 3.05) is 44.6 Å². The second-order valence-corrected chi connectivity index (χ2v) is 6.60. The molecule has 1 saturated heterocycles. The molecule has 0 unspecified atom stereocenters. The molecule has 1 aromatic heterocycles. The summed E-state index contributed by atoms with van der Waals surface area (Å²) in [6.45, 7) is 6.55. The van der Waals surface area contributed by atoms with Gasteiger partial charge in [-0.05, 0) is 18.2 Å². The largest absolute Gasteiger partial charge is 0.360 e. The van der Waals surface area contributed by atoms with Gasteiger partial charge in [-0.25, -0.2) is 4.98 Å². The van der Waals surface area contributed by atoms with E-state index in [1.54, 1.807) is 11.3 Å². The molecule has 0 aliphatic carbocycles. The van der Waals surface area contributed by atoms with Crippen LogP contribution in [0.1, 0.15) is 0 Å². The van der Waals surface area contributed by atoms with Gasteiger partial charge in [0.2, 0.25) is 0 Å². The van der Waals surface area contributed by atoms with E-state index in [0.717, 1.165) is 54.4 Å². The molecule has 0 atom stereocenters. The zero-order valence-electron chi connectivity index (χ0n) is 10.7. The van der Waals surface area contributed by atoms with Crippen LogP contribution in [0.4, 0.5) is 5.13 Å². The first kappa shape index (κ1) is 13.3. The Hall–Kier alpha value is -0.690. The number of hydrogen-bond donors (Lipinski definition) is 2. The van der Waals surface area contributed by atoms with Gasteiger partial charge in [0.1, 0.15) is 0 Å². The quantitative estimate of drug-likeness (QED) is 0.896. The zero-order chi connectivity index (χ0) is 13.1. The molecule has 4 nitrogen and oxygen atoms in total. The van der Waals surface area contributed by atoms with Crippen molar-refractivity contribution in [2.45, 2.75) is 0 Å². The van der Waals surface area contributed by atoms with Crippen LogP contribution in [-0.4, -0.2) is 49.2 Å². The van der Waals surface area contributed by atoms with Crippen molar-refractivity contribution < 1.29 is 0 Å². The average Bonchev–Trinajstić information content (AvgIpc) is 2.82. The maximum Gasteiger partial charge on any atom is 0.183 e. The molecule has 2 aromatic rings. The van der Waals surface area contributed by atoms with Crippen LogP contribution in [0.5, 0.6) is 0 Å². The number of nitrogens with zero attached hydrogens (tertiary/aromatic N) is 2. The summed E-state index contributed by atoms with van der Waals surface area (Å²) in [6, 6.07) is 6.21. The molecule has 0 spiro atoms. The van der Waals surface area contributed by atoms with Crippen molar-refractivity contribution in [3.8, 4) is 0 Å². The van der Waals surface area contributed by atoms with Gasteiger partial charge in [-0.3, -0.25) is 4.90 Å². The smallest absolute Gasteiger partial charge is 0.183 e. The zero-order valence-corrected chi connectivity index (χ0v) is 13.1. The molecule has 2 N–H and O–H groups in total. The molecule has 1 aliphatic rings. The number of fused-ring (bicyclic) bond motifs is 1. The van der Waals surface area contributed by atoms with E-state index in [2.05, 4.69) is 48.6 Å². The lowest BCUT2D eigenvalue weighted by Gasteiger charge is -2.26. The third-order valence-corrected chi connectivity index (χ3v) is 4.73. The number of rotatable bonds is 4. The van der Waals surface area contributed by atoms with Crippen LogP contribution < -0.4 is 10.6 Å². The molecule has 0 bridgehead atoms. The second-order valence-electron chi connectivity index (χ2n) is 4.65. The summed E-state index contributed by atoms with van der Waals surface area (Å²) >= 11 is 5.21. The normalized spacial score (nSPS) is 16.9. The van der Waals surface area contributed by atoms with E-state index in [4.69, 9.17) is 0 Å². The van der Waals surface area contributed by atoms with Crippen molar-refractivity contribution in [2.24, 2.45) is 0 Å². The molecule has 0 radical (unpaired) electrons. The third kappa shape index (κ3) is 3.45. The Labute approximate surface area is 125 Å². The minimum Gasteiger partial charge on any atom is -0.360 e. The van der Waals surface area contributed by atoms with Gasteiger partial charge < -0.3 is 10.6 Å². The summed E-state index contributed by atoms with van der Waals surface area (Å²) in [7, 11) is 0. The standard InChI is InChI=1S/C13H17BrN4S/c14-10-1-2-11-12(9-10)19-13(17-11)16-5-8-18-6-3-15-4-7-18/h1-2,9,15H,3-8H2,(H,16,17). The summed E-state index contributed by atoms with van der Waals surface area (Å²) in [4.78, 5) is 7.07. The Morgan fingerprint density at radius 3 is 3.05 bits per heavy atom. The van der Waals surface area contributed by atoms with E-state index in [0.29, 0.717) is 0 Å². The Bertz CT molecular complexity index is 551. The molecular formula is C13H17BrN4S.